The zero-order valence-electron chi connectivity index (χ0n) is 16.4. The number of hydrogen-bond acceptors (Lipinski definition) is 6. The number of nitrogens with one attached hydrogen (secondary N) is 1. The van der Waals surface area contributed by atoms with Gasteiger partial charge in [-0.1, -0.05) is 12.1 Å². The molecule has 0 saturated heterocycles. The maximum Gasteiger partial charge on any atom is 0.196 e. The predicted molar refractivity (Wildman–Crippen MR) is 112 cm³/mol. The Hall–Kier alpha value is -4.14. The second kappa shape index (κ2) is 7.60. The van der Waals surface area contributed by atoms with Gasteiger partial charge in [0.2, 0.25) is 0 Å². The lowest BCUT2D eigenvalue weighted by Crippen LogP contribution is -2.06. The minimum Gasteiger partial charge on any atom is -0.495 e. The van der Waals surface area contributed by atoms with Crippen LogP contribution in [-0.2, 0) is 6.54 Å². The number of ether oxygens (including phenoxy) is 1. The van der Waals surface area contributed by atoms with Crippen molar-refractivity contribution in [1.82, 2.24) is 24.6 Å². The molecule has 0 aliphatic carbocycles. The minimum absolute atomic E-state index is 0.0967. The van der Waals surface area contributed by atoms with Gasteiger partial charge < -0.3 is 10.1 Å². The summed E-state index contributed by atoms with van der Waals surface area (Å²) in [5.74, 6) is 0.174. The molecule has 9 heteroatoms. The van der Waals surface area contributed by atoms with Crippen LogP contribution in [0.5, 0.6) is 5.75 Å². The van der Waals surface area contributed by atoms with Crippen LogP contribution in [0.4, 0.5) is 14.5 Å². The van der Waals surface area contributed by atoms with Crippen molar-refractivity contribution in [3.63, 3.8) is 0 Å². The lowest BCUT2D eigenvalue weighted by Gasteiger charge is -2.09. The SMILES string of the molecule is COc1cnc2c(NCc3nnc4c(F)cc(-c5cccc(F)c5)cn34)ccnc2c1. The van der Waals surface area contributed by atoms with Gasteiger partial charge in [-0.05, 0) is 29.8 Å². The summed E-state index contributed by atoms with van der Waals surface area (Å²) in [5, 5.41) is 11.3. The maximum atomic E-state index is 14.6. The Balaban J connectivity index is 1.49. The van der Waals surface area contributed by atoms with Crippen LogP contribution in [0.15, 0.2) is 61.1 Å². The van der Waals surface area contributed by atoms with Crippen LogP contribution >= 0.6 is 0 Å². The average molecular weight is 418 g/mol. The first-order valence-corrected chi connectivity index (χ1v) is 9.44. The van der Waals surface area contributed by atoms with E-state index in [0.717, 1.165) is 5.69 Å². The molecule has 4 heterocycles. The van der Waals surface area contributed by atoms with Gasteiger partial charge in [0.1, 0.15) is 17.1 Å². The van der Waals surface area contributed by atoms with Crippen molar-refractivity contribution < 1.29 is 13.5 Å². The van der Waals surface area contributed by atoms with Gasteiger partial charge in [-0.25, -0.2) is 13.8 Å². The lowest BCUT2D eigenvalue weighted by molar-refractivity contribution is 0.413. The number of anilines is 1. The van der Waals surface area contributed by atoms with E-state index in [9.17, 15) is 8.78 Å². The molecule has 0 saturated carbocycles. The first kappa shape index (κ1) is 18.9. The van der Waals surface area contributed by atoms with Crippen LogP contribution in [0.1, 0.15) is 5.82 Å². The van der Waals surface area contributed by atoms with E-state index < -0.39 is 11.6 Å². The van der Waals surface area contributed by atoms with Gasteiger partial charge in [-0.15, -0.1) is 10.2 Å². The topological polar surface area (TPSA) is 77.2 Å². The van der Waals surface area contributed by atoms with Crippen molar-refractivity contribution in [1.29, 1.82) is 0 Å². The third kappa shape index (κ3) is 3.50. The molecule has 7 nitrogen and oxygen atoms in total. The Kier molecular flexibility index (Phi) is 4.62. The highest BCUT2D eigenvalue weighted by Crippen LogP contribution is 2.25. The number of benzene rings is 1. The first-order chi connectivity index (χ1) is 15.1. The summed E-state index contributed by atoms with van der Waals surface area (Å²) in [6.07, 6.45) is 4.97. The molecule has 154 valence electrons. The Morgan fingerprint density at radius 3 is 2.77 bits per heavy atom. The van der Waals surface area contributed by atoms with E-state index in [0.29, 0.717) is 33.7 Å². The summed E-state index contributed by atoms with van der Waals surface area (Å²) < 4.78 is 35.0. The highest BCUT2D eigenvalue weighted by atomic mass is 19.1. The zero-order chi connectivity index (χ0) is 21.4. The van der Waals surface area contributed by atoms with Crippen molar-refractivity contribution in [3.8, 4) is 16.9 Å². The molecule has 5 aromatic rings. The maximum absolute atomic E-state index is 14.6. The van der Waals surface area contributed by atoms with E-state index in [4.69, 9.17) is 4.74 Å². The predicted octanol–water partition coefficient (Wildman–Crippen LogP) is 4.24. The molecule has 0 fully saturated rings. The van der Waals surface area contributed by atoms with Crippen molar-refractivity contribution in [2.24, 2.45) is 0 Å². The van der Waals surface area contributed by atoms with Crippen molar-refractivity contribution in [3.05, 3.63) is 78.5 Å². The zero-order valence-corrected chi connectivity index (χ0v) is 16.4. The number of pyridine rings is 3. The number of aromatic nitrogens is 5. The number of halogens is 2. The Morgan fingerprint density at radius 1 is 1.03 bits per heavy atom. The van der Waals surface area contributed by atoms with E-state index >= 15 is 0 Å². The third-order valence-electron chi connectivity index (χ3n) is 4.91. The van der Waals surface area contributed by atoms with Gasteiger partial charge in [0, 0.05) is 24.0 Å². The monoisotopic (exact) mass is 418 g/mol. The molecule has 0 spiro atoms. The lowest BCUT2D eigenvalue weighted by atomic mass is 10.1. The van der Waals surface area contributed by atoms with Gasteiger partial charge in [-0.3, -0.25) is 9.38 Å². The highest BCUT2D eigenvalue weighted by molar-refractivity contribution is 5.87. The van der Waals surface area contributed by atoms with E-state index in [2.05, 4.69) is 25.5 Å². The normalized spacial score (nSPS) is 11.2. The van der Waals surface area contributed by atoms with Gasteiger partial charge in [0.05, 0.1) is 31.1 Å². The quantitative estimate of drug-likeness (QED) is 0.460. The Morgan fingerprint density at radius 2 is 1.94 bits per heavy atom. The first-order valence-electron chi connectivity index (χ1n) is 9.44. The van der Waals surface area contributed by atoms with Crippen LogP contribution in [0.3, 0.4) is 0 Å². The molecule has 0 aliphatic heterocycles. The van der Waals surface area contributed by atoms with Gasteiger partial charge in [-0.2, -0.15) is 0 Å². The molecule has 0 amide bonds. The van der Waals surface area contributed by atoms with E-state index in [1.807, 2.05) is 0 Å². The number of nitrogens with zero attached hydrogens (tertiary/aromatic N) is 5. The van der Waals surface area contributed by atoms with Crippen LogP contribution in [0.25, 0.3) is 27.8 Å². The molecule has 0 radical (unpaired) electrons. The molecular formula is C22H16F2N6O. The smallest absolute Gasteiger partial charge is 0.196 e. The summed E-state index contributed by atoms with van der Waals surface area (Å²) in [6, 6.07) is 10.9. The number of hydrogen-bond donors (Lipinski definition) is 1. The largest absolute Gasteiger partial charge is 0.495 e. The molecule has 4 aromatic heterocycles. The molecule has 1 aromatic carbocycles. The number of rotatable bonds is 5. The van der Waals surface area contributed by atoms with Gasteiger partial charge in [0.15, 0.2) is 17.3 Å². The summed E-state index contributed by atoms with van der Waals surface area (Å²) in [5.41, 5.74) is 3.27. The van der Waals surface area contributed by atoms with Crippen LogP contribution in [-0.4, -0.2) is 31.7 Å². The van der Waals surface area contributed by atoms with E-state index in [1.54, 1.807) is 54.4 Å². The van der Waals surface area contributed by atoms with Gasteiger partial charge >= 0.3 is 0 Å². The van der Waals surface area contributed by atoms with E-state index in [1.165, 1.54) is 18.2 Å². The van der Waals surface area contributed by atoms with Crippen molar-refractivity contribution in [2.75, 3.05) is 12.4 Å². The minimum atomic E-state index is -0.538. The Bertz CT molecular complexity index is 1420. The van der Waals surface area contributed by atoms with Gasteiger partial charge in [0.25, 0.3) is 0 Å². The molecule has 31 heavy (non-hydrogen) atoms. The van der Waals surface area contributed by atoms with Crippen LogP contribution < -0.4 is 10.1 Å². The second-order valence-electron chi connectivity index (χ2n) is 6.85. The van der Waals surface area contributed by atoms with Crippen LogP contribution in [0.2, 0.25) is 0 Å². The fourth-order valence-electron chi connectivity index (χ4n) is 3.39. The Labute approximate surface area is 175 Å². The third-order valence-corrected chi connectivity index (χ3v) is 4.91. The van der Waals surface area contributed by atoms with Crippen molar-refractivity contribution >= 4 is 22.4 Å². The molecule has 0 unspecified atom stereocenters. The second-order valence-corrected chi connectivity index (χ2v) is 6.85. The standard InChI is InChI=1S/C22H16F2N6O/c1-31-16-9-19-21(27-10-16)18(5-6-25-19)26-11-20-28-29-22-17(24)8-14(12-30(20)22)13-3-2-4-15(23)7-13/h2-10,12H,11H2,1H3,(H,25,26). The molecule has 0 atom stereocenters. The molecular weight excluding hydrogens is 402 g/mol. The number of methoxy groups -OCH3 is 1. The van der Waals surface area contributed by atoms with Crippen LogP contribution in [0, 0.1) is 11.6 Å². The summed E-state index contributed by atoms with van der Waals surface area (Å²) in [7, 11) is 1.57. The fourth-order valence-corrected chi connectivity index (χ4v) is 3.39. The number of fused-ring (bicyclic) bond motifs is 2. The summed E-state index contributed by atoms with van der Waals surface area (Å²) >= 11 is 0. The summed E-state index contributed by atoms with van der Waals surface area (Å²) in [4.78, 5) is 8.72. The molecule has 1 N–H and O–H groups in total. The fraction of sp³-hybridized carbons (Fsp3) is 0.0909. The van der Waals surface area contributed by atoms with E-state index in [-0.39, 0.29) is 12.2 Å². The highest BCUT2D eigenvalue weighted by Gasteiger charge is 2.13. The molecule has 0 bridgehead atoms. The van der Waals surface area contributed by atoms with Crippen molar-refractivity contribution in [2.45, 2.75) is 6.54 Å². The summed E-state index contributed by atoms with van der Waals surface area (Å²) in [6.45, 7) is 0.264. The molecule has 5 rings (SSSR count). The molecule has 0 aliphatic rings. The average Bonchev–Trinajstić information content (AvgIpc) is 3.20.